The molecule has 0 aliphatic heterocycles. The fourth-order valence-corrected chi connectivity index (χ4v) is 2.08. The Labute approximate surface area is 109 Å². The van der Waals surface area contributed by atoms with Crippen LogP contribution in [0.1, 0.15) is 46.0 Å². The van der Waals surface area contributed by atoms with Crippen LogP contribution in [0.25, 0.3) is 0 Å². The molecule has 0 unspecified atom stereocenters. The second-order valence-corrected chi connectivity index (χ2v) is 4.64. The summed E-state index contributed by atoms with van der Waals surface area (Å²) in [6.45, 7) is 5.78. The molecule has 0 heterocycles. The number of unbranched alkanes of at least 4 members (excludes halogenated alkanes) is 3. The van der Waals surface area contributed by atoms with E-state index in [1.807, 2.05) is 4.90 Å². The molecule has 0 amide bonds. The minimum absolute atomic E-state index is 0.333. The zero-order chi connectivity index (χ0) is 13.4. The van der Waals surface area contributed by atoms with Crippen LogP contribution >= 0.6 is 0 Å². The summed E-state index contributed by atoms with van der Waals surface area (Å²) in [5.74, 6) is -0.707. The van der Waals surface area contributed by atoms with E-state index in [1.54, 1.807) is 0 Å². The van der Waals surface area contributed by atoms with Crippen molar-refractivity contribution in [3.63, 3.8) is 0 Å². The smallest absolute Gasteiger partial charge is 0.146 e. The van der Waals surface area contributed by atoms with Gasteiger partial charge in [0.15, 0.2) is 0 Å². The largest absolute Gasteiger partial charge is 0.369 e. The van der Waals surface area contributed by atoms with Crippen LogP contribution in [0.2, 0.25) is 0 Å². The first-order valence-corrected chi connectivity index (χ1v) is 6.89. The van der Waals surface area contributed by atoms with Crippen molar-refractivity contribution in [2.24, 2.45) is 0 Å². The van der Waals surface area contributed by atoms with E-state index in [1.165, 1.54) is 31.0 Å². The molecule has 0 aliphatic carbocycles. The molecule has 0 saturated heterocycles. The van der Waals surface area contributed by atoms with E-state index in [0.717, 1.165) is 32.4 Å². The molecule has 0 bridgehead atoms. The van der Waals surface area contributed by atoms with Gasteiger partial charge in [-0.1, -0.05) is 33.1 Å². The zero-order valence-corrected chi connectivity index (χ0v) is 11.4. The van der Waals surface area contributed by atoms with E-state index in [4.69, 9.17) is 0 Å². The number of rotatable bonds is 8. The summed E-state index contributed by atoms with van der Waals surface area (Å²) in [5.41, 5.74) is 0.397. The standard InChI is InChI=1S/C15H23F2N/c1-3-5-6-7-11-18(10-4-2)15-12-13(16)8-9-14(15)17/h8-9,12H,3-7,10-11H2,1-2H3. The highest BCUT2D eigenvalue weighted by molar-refractivity contribution is 5.47. The molecule has 0 atom stereocenters. The van der Waals surface area contributed by atoms with Crippen molar-refractivity contribution in [1.82, 2.24) is 0 Å². The Hall–Kier alpha value is -1.12. The molecule has 1 aromatic rings. The first kappa shape index (κ1) is 14.9. The summed E-state index contributed by atoms with van der Waals surface area (Å²) >= 11 is 0. The van der Waals surface area contributed by atoms with Gasteiger partial charge >= 0.3 is 0 Å². The third kappa shape index (κ3) is 4.63. The Bertz CT molecular complexity index is 352. The average molecular weight is 255 g/mol. The monoisotopic (exact) mass is 255 g/mol. The van der Waals surface area contributed by atoms with Crippen molar-refractivity contribution in [2.45, 2.75) is 46.0 Å². The lowest BCUT2D eigenvalue weighted by molar-refractivity contribution is 0.582. The number of benzene rings is 1. The van der Waals surface area contributed by atoms with Crippen molar-refractivity contribution in [1.29, 1.82) is 0 Å². The Kier molecular flexibility index (Phi) is 6.69. The molecule has 3 heteroatoms. The lowest BCUT2D eigenvalue weighted by Crippen LogP contribution is -2.26. The fraction of sp³-hybridized carbons (Fsp3) is 0.600. The van der Waals surface area contributed by atoms with Crippen LogP contribution in [0.3, 0.4) is 0 Å². The molecular formula is C15H23F2N. The minimum atomic E-state index is -0.374. The topological polar surface area (TPSA) is 3.24 Å². The summed E-state index contributed by atoms with van der Waals surface area (Å²) in [7, 11) is 0. The summed E-state index contributed by atoms with van der Waals surface area (Å²) in [6, 6.07) is 3.67. The first-order valence-electron chi connectivity index (χ1n) is 6.89. The molecule has 1 aromatic carbocycles. The van der Waals surface area contributed by atoms with Crippen LogP contribution in [0.5, 0.6) is 0 Å². The van der Waals surface area contributed by atoms with Crippen molar-refractivity contribution < 1.29 is 8.78 Å². The molecular weight excluding hydrogens is 232 g/mol. The minimum Gasteiger partial charge on any atom is -0.369 e. The Morgan fingerprint density at radius 3 is 2.39 bits per heavy atom. The highest BCUT2D eigenvalue weighted by Gasteiger charge is 2.11. The molecule has 0 radical (unpaired) electrons. The van der Waals surface area contributed by atoms with E-state index in [0.29, 0.717) is 5.69 Å². The fourth-order valence-electron chi connectivity index (χ4n) is 2.08. The lowest BCUT2D eigenvalue weighted by atomic mass is 10.2. The van der Waals surface area contributed by atoms with Gasteiger partial charge in [0.1, 0.15) is 11.6 Å². The number of anilines is 1. The van der Waals surface area contributed by atoms with Gasteiger partial charge in [-0.3, -0.25) is 0 Å². The van der Waals surface area contributed by atoms with Gasteiger partial charge in [0.05, 0.1) is 5.69 Å². The van der Waals surface area contributed by atoms with E-state index < -0.39 is 0 Å². The lowest BCUT2D eigenvalue weighted by Gasteiger charge is -2.24. The number of hydrogen-bond acceptors (Lipinski definition) is 1. The summed E-state index contributed by atoms with van der Waals surface area (Å²) in [6.07, 6.45) is 5.49. The van der Waals surface area contributed by atoms with Gasteiger partial charge in [0.25, 0.3) is 0 Å². The van der Waals surface area contributed by atoms with Crippen molar-refractivity contribution in [3.05, 3.63) is 29.8 Å². The van der Waals surface area contributed by atoms with E-state index >= 15 is 0 Å². The van der Waals surface area contributed by atoms with Gasteiger partial charge in [0, 0.05) is 19.2 Å². The quantitative estimate of drug-likeness (QED) is 0.605. The third-order valence-electron chi connectivity index (χ3n) is 3.02. The van der Waals surface area contributed by atoms with Gasteiger partial charge in [-0.2, -0.15) is 0 Å². The van der Waals surface area contributed by atoms with Crippen LogP contribution in [-0.4, -0.2) is 13.1 Å². The van der Waals surface area contributed by atoms with Gasteiger partial charge in [-0.25, -0.2) is 8.78 Å². The van der Waals surface area contributed by atoms with Crippen LogP contribution < -0.4 is 4.90 Å². The van der Waals surface area contributed by atoms with Gasteiger partial charge < -0.3 is 4.90 Å². The zero-order valence-electron chi connectivity index (χ0n) is 11.4. The molecule has 0 fully saturated rings. The number of nitrogens with zero attached hydrogens (tertiary/aromatic N) is 1. The SMILES string of the molecule is CCCCCCN(CCC)c1cc(F)ccc1F. The molecule has 0 spiro atoms. The van der Waals surface area contributed by atoms with Crippen molar-refractivity contribution in [2.75, 3.05) is 18.0 Å². The first-order chi connectivity index (χ1) is 8.69. The predicted octanol–water partition coefficient (Wildman–Crippen LogP) is 4.76. The Morgan fingerprint density at radius 1 is 0.944 bits per heavy atom. The van der Waals surface area contributed by atoms with Crippen molar-refractivity contribution in [3.8, 4) is 0 Å². The molecule has 102 valence electrons. The second kappa shape index (κ2) is 8.06. The van der Waals surface area contributed by atoms with E-state index in [9.17, 15) is 8.78 Å². The Morgan fingerprint density at radius 2 is 1.72 bits per heavy atom. The van der Waals surface area contributed by atoms with Crippen molar-refractivity contribution >= 4 is 5.69 Å². The average Bonchev–Trinajstić information content (AvgIpc) is 2.36. The molecule has 0 aromatic heterocycles. The van der Waals surface area contributed by atoms with E-state index in [-0.39, 0.29) is 11.6 Å². The normalized spacial score (nSPS) is 10.7. The summed E-state index contributed by atoms with van der Waals surface area (Å²) in [5, 5.41) is 0. The molecule has 0 N–H and O–H groups in total. The maximum Gasteiger partial charge on any atom is 0.146 e. The van der Waals surface area contributed by atoms with Gasteiger partial charge in [-0.05, 0) is 25.0 Å². The molecule has 0 aliphatic rings. The predicted molar refractivity (Wildman–Crippen MR) is 73.0 cm³/mol. The highest BCUT2D eigenvalue weighted by Crippen LogP contribution is 2.21. The maximum atomic E-state index is 13.7. The van der Waals surface area contributed by atoms with E-state index in [2.05, 4.69) is 13.8 Å². The molecule has 1 nitrogen and oxygen atoms in total. The van der Waals surface area contributed by atoms with Crippen LogP contribution in [0, 0.1) is 11.6 Å². The summed E-state index contributed by atoms with van der Waals surface area (Å²) in [4.78, 5) is 1.95. The van der Waals surface area contributed by atoms with Gasteiger partial charge in [-0.15, -0.1) is 0 Å². The van der Waals surface area contributed by atoms with Crippen LogP contribution in [0.15, 0.2) is 18.2 Å². The van der Waals surface area contributed by atoms with Gasteiger partial charge in [0.2, 0.25) is 0 Å². The molecule has 18 heavy (non-hydrogen) atoms. The Balaban J connectivity index is 2.67. The number of halogens is 2. The third-order valence-corrected chi connectivity index (χ3v) is 3.02. The molecule has 1 rings (SSSR count). The summed E-state index contributed by atoms with van der Waals surface area (Å²) < 4.78 is 26.9. The molecule has 0 saturated carbocycles. The second-order valence-electron chi connectivity index (χ2n) is 4.64. The van der Waals surface area contributed by atoms with Crippen LogP contribution in [-0.2, 0) is 0 Å². The maximum absolute atomic E-state index is 13.7. The highest BCUT2D eigenvalue weighted by atomic mass is 19.1. The number of hydrogen-bond donors (Lipinski definition) is 0. The van der Waals surface area contributed by atoms with Crippen LogP contribution in [0.4, 0.5) is 14.5 Å².